The number of carbonyl (C=O) groups excluding carboxylic acids is 1. The number of amides is 1. The van der Waals surface area contributed by atoms with Crippen LogP contribution >= 0.6 is 0 Å². The van der Waals surface area contributed by atoms with Crippen molar-refractivity contribution in [2.75, 3.05) is 26.2 Å². The quantitative estimate of drug-likeness (QED) is 0.221. The molecule has 1 aliphatic rings. The first-order chi connectivity index (χ1) is 15.4. The molecule has 0 saturated heterocycles. The maximum atomic E-state index is 12.2. The highest BCUT2D eigenvalue weighted by atomic mass is 17.0. The number of carbonyl (C=O) groups is 1. The van der Waals surface area contributed by atoms with Gasteiger partial charge in [0.25, 0.3) is 5.09 Å². The second-order valence-corrected chi connectivity index (χ2v) is 8.34. The van der Waals surface area contributed by atoms with Crippen molar-refractivity contribution in [2.45, 2.75) is 51.2 Å². The van der Waals surface area contributed by atoms with Gasteiger partial charge < -0.3 is 30.3 Å². The molecule has 1 aliphatic carbocycles. The van der Waals surface area contributed by atoms with Crippen LogP contribution in [0.3, 0.4) is 0 Å². The zero-order valence-corrected chi connectivity index (χ0v) is 18.3. The van der Waals surface area contributed by atoms with Crippen LogP contribution in [0.4, 0.5) is 0 Å². The van der Waals surface area contributed by atoms with Gasteiger partial charge in [0.05, 0.1) is 0 Å². The minimum absolute atomic E-state index is 0.130. The topological polar surface area (TPSA) is 139 Å². The zero-order valence-electron chi connectivity index (χ0n) is 18.3. The van der Waals surface area contributed by atoms with Crippen LogP contribution in [0.5, 0.6) is 5.75 Å². The third-order valence-corrected chi connectivity index (χ3v) is 5.72. The molecule has 3 rings (SSSR count). The van der Waals surface area contributed by atoms with Gasteiger partial charge in [0, 0.05) is 43.2 Å². The number of H-pyrrole nitrogens is 1. The van der Waals surface area contributed by atoms with Gasteiger partial charge in [-0.15, -0.1) is 10.1 Å². The molecule has 32 heavy (non-hydrogen) atoms. The molecule has 0 aliphatic heterocycles. The molecule has 176 valence electrons. The van der Waals surface area contributed by atoms with Crippen LogP contribution < -0.4 is 15.4 Å². The SMILES string of the molecule is Cc1cc(OCC(O)CNCCNC(=O)CC2CCCCC2O[N+](=O)[O-])c2cc[nH]c2c1. The maximum Gasteiger partial charge on any atom is 0.294 e. The number of aromatic nitrogens is 1. The lowest BCUT2D eigenvalue weighted by Gasteiger charge is -2.29. The summed E-state index contributed by atoms with van der Waals surface area (Å²) in [7, 11) is 0. The van der Waals surface area contributed by atoms with Crippen molar-refractivity contribution in [3.8, 4) is 5.75 Å². The number of aryl methyl sites for hydroxylation is 1. The van der Waals surface area contributed by atoms with Crippen molar-refractivity contribution < 1.29 is 24.6 Å². The molecule has 1 aromatic heterocycles. The van der Waals surface area contributed by atoms with E-state index in [1.165, 1.54) is 0 Å². The minimum Gasteiger partial charge on any atom is -0.490 e. The number of benzene rings is 1. The van der Waals surface area contributed by atoms with Crippen molar-refractivity contribution in [2.24, 2.45) is 5.92 Å². The average molecular weight is 449 g/mol. The van der Waals surface area contributed by atoms with Gasteiger partial charge in [-0.25, -0.2) is 0 Å². The van der Waals surface area contributed by atoms with Crippen LogP contribution in [0.15, 0.2) is 24.4 Å². The average Bonchev–Trinajstić information content (AvgIpc) is 3.21. The summed E-state index contributed by atoms with van der Waals surface area (Å²) in [5.41, 5.74) is 2.07. The van der Waals surface area contributed by atoms with E-state index in [4.69, 9.17) is 9.57 Å². The van der Waals surface area contributed by atoms with Gasteiger partial charge in [-0.05, 0) is 49.4 Å². The van der Waals surface area contributed by atoms with Crippen molar-refractivity contribution in [1.29, 1.82) is 0 Å². The molecular formula is C22H32N4O6. The predicted octanol–water partition coefficient (Wildman–Crippen LogP) is 2.08. The molecule has 2 aromatic rings. The predicted molar refractivity (Wildman–Crippen MR) is 119 cm³/mol. The molecule has 0 bridgehead atoms. The summed E-state index contributed by atoms with van der Waals surface area (Å²) in [4.78, 5) is 30.7. The van der Waals surface area contributed by atoms with E-state index in [1.54, 1.807) is 0 Å². The molecule has 1 amide bonds. The number of hydrogen-bond donors (Lipinski definition) is 4. The number of aliphatic hydroxyl groups is 1. The number of nitrogens with zero attached hydrogens (tertiary/aromatic N) is 1. The Bertz CT molecular complexity index is 902. The Morgan fingerprint density at radius 3 is 2.97 bits per heavy atom. The number of nitrogens with one attached hydrogen (secondary N) is 3. The largest absolute Gasteiger partial charge is 0.490 e. The van der Waals surface area contributed by atoms with Gasteiger partial charge in [0.1, 0.15) is 24.6 Å². The summed E-state index contributed by atoms with van der Waals surface area (Å²) in [6, 6.07) is 5.92. The summed E-state index contributed by atoms with van der Waals surface area (Å²) < 4.78 is 5.80. The fourth-order valence-corrected chi connectivity index (χ4v) is 4.16. The Morgan fingerprint density at radius 1 is 1.34 bits per heavy atom. The lowest BCUT2D eigenvalue weighted by Crippen LogP contribution is -2.39. The molecule has 1 saturated carbocycles. The van der Waals surface area contributed by atoms with Crippen LogP contribution in [0.25, 0.3) is 10.9 Å². The lowest BCUT2D eigenvalue weighted by atomic mass is 9.84. The third-order valence-electron chi connectivity index (χ3n) is 5.72. The zero-order chi connectivity index (χ0) is 22.9. The van der Waals surface area contributed by atoms with E-state index < -0.39 is 17.3 Å². The minimum atomic E-state index is -0.764. The first-order valence-electron chi connectivity index (χ1n) is 11.1. The highest BCUT2D eigenvalue weighted by Gasteiger charge is 2.29. The number of hydrogen-bond acceptors (Lipinski definition) is 7. The van der Waals surface area contributed by atoms with E-state index in [1.807, 2.05) is 31.3 Å². The molecule has 10 nitrogen and oxygen atoms in total. The number of aromatic amines is 1. The first kappa shape index (κ1) is 23.8. The Labute approximate surface area is 186 Å². The normalized spacial score (nSPS) is 19.4. The number of ether oxygens (including phenoxy) is 1. The van der Waals surface area contributed by atoms with E-state index in [-0.39, 0.29) is 24.9 Å². The lowest BCUT2D eigenvalue weighted by molar-refractivity contribution is -0.771. The van der Waals surface area contributed by atoms with Crippen molar-refractivity contribution in [3.63, 3.8) is 0 Å². The highest BCUT2D eigenvalue weighted by molar-refractivity contribution is 5.86. The van der Waals surface area contributed by atoms with Crippen LogP contribution in [0, 0.1) is 23.0 Å². The fourth-order valence-electron chi connectivity index (χ4n) is 4.16. The van der Waals surface area contributed by atoms with E-state index in [0.717, 1.165) is 41.5 Å². The Kier molecular flexibility index (Phi) is 8.69. The van der Waals surface area contributed by atoms with Crippen LogP contribution in [-0.2, 0) is 9.63 Å². The molecule has 1 aromatic carbocycles. The molecule has 3 unspecified atom stereocenters. The van der Waals surface area contributed by atoms with Crippen LogP contribution in [0.2, 0.25) is 0 Å². The molecule has 0 spiro atoms. The van der Waals surface area contributed by atoms with E-state index in [9.17, 15) is 20.0 Å². The van der Waals surface area contributed by atoms with Gasteiger partial charge in [0.15, 0.2) is 0 Å². The van der Waals surface area contributed by atoms with Gasteiger partial charge in [-0.1, -0.05) is 12.8 Å². The molecule has 1 fully saturated rings. The summed E-state index contributed by atoms with van der Waals surface area (Å²) in [6.07, 6.45) is 4.08. The first-order valence-corrected chi connectivity index (χ1v) is 11.1. The molecule has 10 heteroatoms. The molecule has 1 heterocycles. The molecule has 3 atom stereocenters. The third kappa shape index (κ3) is 7.10. The van der Waals surface area contributed by atoms with Crippen molar-refractivity contribution in [1.82, 2.24) is 15.6 Å². The monoisotopic (exact) mass is 448 g/mol. The number of aliphatic hydroxyl groups excluding tert-OH is 1. The maximum absolute atomic E-state index is 12.2. The smallest absolute Gasteiger partial charge is 0.294 e. The fraction of sp³-hybridized carbons (Fsp3) is 0.591. The summed E-state index contributed by atoms with van der Waals surface area (Å²) >= 11 is 0. The van der Waals surface area contributed by atoms with E-state index >= 15 is 0 Å². The van der Waals surface area contributed by atoms with Gasteiger partial charge >= 0.3 is 0 Å². The van der Waals surface area contributed by atoms with Gasteiger partial charge in [-0.2, -0.15) is 0 Å². The molecular weight excluding hydrogens is 416 g/mol. The number of rotatable bonds is 12. The highest BCUT2D eigenvalue weighted by Crippen LogP contribution is 2.29. The molecule has 4 N–H and O–H groups in total. The Balaban J connectivity index is 1.30. The second kappa shape index (κ2) is 11.7. The van der Waals surface area contributed by atoms with Crippen LogP contribution in [0.1, 0.15) is 37.7 Å². The standard InChI is InChI=1S/C22H32N4O6/c1-15-10-19-18(6-7-24-19)21(11-15)31-14-17(27)13-23-8-9-25-22(28)12-16-4-2-3-5-20(16)32-26(29)30/h6-7,10-11,16-17,20,23-24,27H,2-5,8-9,12-14H2,1H3,(H,25,28). The molecule has 0 radical (unpaired) electrons. The van der Waals surface area contributed by atoms with Gasteiger partial charge in [0.2, 0.25) is 5.91 Å². The summed E-state index contributed by atoms with van der Waals surface area (Å²) in [5.74, 6) is 0.457. The van der Waals surface area contributed by atoms with E-state index in [0.29, 0.717) is 26.1 Å². The van der Waals surface area contributed by atoms with E-state index in [2.05, 4.69) is 15.6 Å². The Morgan fingerprint density at radius 2 is 2.16 bits per heavy atom. The van der Waals surface area contributed by atoms with Crippen molar-refractivity contribution >= 4 is 16.8 Å². The number of fused-ring (bicyclic) bond motifs is 1. The Hall–Kier alpha value is -2.85. The van der Waals surface area contributed by atoms with Crippen LogP contribution in [-0.4, -0.2) is 59.5 Å². The van der Waals surface area contributed by atoms with Gasteiger partial charge in [-0.3, -0.25) is 4.79 Å². The summed E-state index contributed by atoms with van der Waals surface area (Å²) in [5, 5.41) is 26.9. The second-order valence-electron chi connectivity index (χ2n) is 8.34. The van der Waals surface area contributed by atoms with Crippen molar-refractivity contribution in [3.05, 3.63) is 40.1 Å². The summed E-state index contributed by atoms with van der Waals surface area (Å²) in [6.45, 7) is 3.38.